The molecule has 114 valence electrons. The molecule has 22 heavy (non-hydrogen) atoms. The van der Waals surface area contributed by atoms with Gasteiger partial charge in [-0.2, -0.15) is 0 Å². The smallest absolute Gasteiger partial charge is 0.259 e. The van der Waals surface area contributed by atoms with E-state index in [1.54, 1.807) is 9.80 Å². The van der Waals surface area contributed by atoms with Gasteiger partial charge in [0.2, 0.25) is 5.91 Å². The Morgan fingerprint density at radius 1 is 1.14 bits per heavy atom. The fourth-order valence-corrected chi connectivity index (χ4v) is 3.23. The number of hydrogen-bond donors (Lipinski definition) is 0. The monoisotopic (exact) mass is 296 g/mol. The quantitative estimate of drug-likeness (QED) is 0.870. The normalized spacial score (nSPS) is 14.5. The van der Waals surface area contributed by atoms with E-state index in [1.807, 2.05) is 57.2 Å². The molecule has 2 aromatic carbocycles. The van der Waals surface area contributed by atoms with Gasteiger partial charge in [-0.15, -0.1) is 0 Å². The Balaban J connectivity index is 2.06. The molecule has 0 unspecified atom stereocenters. The summed E-state index contributed by atoms with van der Waals surface area (Å²) in [6.07, 6.45) is 0. The summed E-state index contributed by atoms with van der Waals surface area (Å²) in [4.78, 5) is 28.8. The number of hydrogen-bond acceptors (Lipinski definition) is 2. The van der Waals surface area contributed by atoms with Crippen molar-refractivity contribution >= 4 is 28.3 Å². The van der Waals surface area contributed by atoms with Crippen LogP contribution in [0.15, 0.2) is 36.4 Å². The predicted molar refractivity (Wildman–Crippen MR) is 88.1 cm³/mol. The minimum atomic E-state index is -0.495. The van der Waals surface area contributed by atoms with Crippen LogP contribution in [0.3, 0.4) is 0 Å². The molecule has 0 N–H and O–H groups in total. The number of carbonyl (C=O) groups is 2. The predicted octanol–water partition coefficient (Wildman–Crippen LogP) is 3.06. The highest BCUT2D eigenvalue weighted by atomic mass is 16.2. The second-order valence-electron chi connectivity index (χ2n) is 5.54. The highest BCUT2D eigenvalue weighted by Gasteiger charge is 2.36. The number of carbonyl (C=O) groups excluding carboxylic acids is 2. The summed E-state index contributed by atoms with van der Waals surface area (Å²) in [5.74, 6) is -0.0945. The number of rotatable bonds is 4. The second kappa shape index (κ2) is 5.44. The first-order chi connectivity index (χ1) is 10.6. The van der Waals surface area contributed by atoms with E-state index >= 15 is 0 Å². The van der Waals surface area contributed by atoms with Crippen molar-refractivity contribution in [3.05, 3.63) is 42.0 Å². The molecule has 0 saturated carbocycles. The molecule has 2 aromatic rings. The van der Waals surface area contributed by atoms with Gasteiger partial charge in [0.05, 0.1) is 5.69 Å². The van der Waals surface area contributed by atoms with Gasteiger partial charge >= 0.3 is 0 Å². The van der Waals surface area contributed by atoms with E-state index in [-0.39, 0.29) is 11.8 Å². The van der Waals surface area contributed by atoms with Crippen molar-refractivity contribution in [2.75, 3.05) is 18.0 Å². The molecule has 1 atom stereocenters. The van der Waals surface area contributed by atoms with E-state index in [9.17, 15) is 9.59 Å². The maximum absolute atomic E-state index is 12.8. The molecule has 3 rings (SSSR count). The van der Waals surface area contributed by atoms with Gasteiger partial charge in [0.15, 0.2) is 0 Å². The topological polar surface area (TPSA) is 40.6 Å². The maximum Gasteiger partial charge on any atom is 0.259 e. The maximum atomic E-state index is 12.8. The molecule has 1 aliphatic heterocycles. The average Bonchev–Trinajstić information content (AvgIpc) is 2.83. The van der Waals surface area contributed by atoms with E-state index < -0.39 is 6.04 Å². The van der Waals surface area contributed by atoms with Crippen LogP contribution in [0.1, 0.15) is 31.1 Å². The summed E-state index contributed by atoms with van der Waals surface area (Å²) in [5, 5.41) is 1.99. The lowest BCUT2D eigenvalue weighted by atomic mass is 10.1. The molecule has 1 aliphatic rings. The van der Waals surface area contributed by atoms with Gasteiger partial charge in [-0.05, 0) is 38.3 Å². The first-order valence-corrected chi connectivity index (χ1v) is 7.74. The summed E-state index contributed by atoms with van der Waals surface area (Å²) in [6.45, 7) is 7.02. The Morgan fingerprint density at radius 3 is 2.41 bits per heavy atom. The van der Waals surface area contributed by atoms with Crippen molar-refractivity contribution in [3.63, 3.8) is 0 Å². The zero-order chi connectivity index (χ0) is 15.9. The number of benzene rings is 2. The molecule has 1 heterocycles. The number of anilines is 1. The van der Waals surface area contributed by atoms with Crippen LogP contribution in [0.5, 0.6) is 0 Å². The summed E-state index contributed by atoms with van der Waals surface area (Å²) < 4.78 is 0. The number of nitrogens with zero attached hydrogens (tertiary/aromatic N) is 2. The Bertz CT molecular complexity index is 745. The summed E-state index contributed by atoms with van der Waals surface area (Å²) >= 11 is 0. The zero-order valence-electron chi connectivity index (χ0n) is 13.2. The first-order valence-electron chi connectivity index (χ1n) is 7.74. The van der Waals surface area contributed by atoms with Crippen LogP contribution in [0.4, 0.5) is 5.69 Å². The third-order valence-corrected chi connectivity index (χ3v) is 4.41. The van der Waals surface area contributed by atoms with Crippen molar-refractivity contribution in [1.29, 1.82) is 0 Å². The minimum Gasteiger partial charge on any atom is -0.341 e. The lowest BCUT2D eigenvalue weighted by molar-refractivity contribution is -0.131. The van der Waals surface area contributed by atoms with Gasteiger partial charge in [-0.25, -0.2) is 0 Å². The van der Waals surface area contributed by atoms with Crippen LogP contribution in [0, 0.1) is 0 Å². The second-order valence-corrected chi connectivity index (χ2v) is 5.54. The number of amides is 2. The van der Waals surface area contributed by atoms with Gasteiger partial charge < -0.3 is 4.90 Å². The van der Waals surface area contributed by atoms with E-state index in [4.69, 9.17) is 0 Å². The number of likely N-dealkylation sites (N-methyl/N-ethyl adjacent to an activating group) is 1. The van der Waals surface area contributed by atoms with Crippen LogP contribution in [-0.4, -0.2) is 35.8 Å². The molecule has 4 nitrogen and oxygen atoms in total. The summed E-state index contributed by atoms with van der Waals surface area (Å²) in [7, 11) is 0. The Morgan fingerprint density at radius 2 is 1.77 bits per heavy atom. The zero-order valence-corrected chi connectivity index (χ0v) is 13.2. The minimum absolute atomic E-state index is 0.0110. The molecule has 2 amide bonds. The molecule has 0 aliphatic carbocycles. The van der Waals surface area contributed by atoms with Gasteiger partial charge in [-0.3, -0.25) is 14.5 Å². The van der Waals surface area contributed by atoms with Gasteiger partial charge in [-0.1, -0.05) is 24.3 Å². The summed E-state index contributed by atoms with van der Waals surface area (Å²) in [6, 6.07) is 11.1. The molecule has 0 radical (unpaired) electrons. The molecule has 0 spiro atoms. The van der Waals surface area contributed by atoms with E-state index in [1.165, 1.54) is 0 Å². The van der Waals surface area contributed by atoms with Crippen LogP contribution < -0.4 is 4.90 Å². The van der Waals surface area contributed by atoms with Crippen LogP contribution >= 0.6 is 0 Å². The lowest BCUT2D eigenvalue weighted by Gasteiger charge is -2.29. The Labute approximate surface area is 130 Å². The highest BCUT2D eigenvalue weighted by molar-refractivity contribution is 6.26. The van der Waals surface area contributed by atoms with Crippen LogP contribution in [-0.2, 0) is 4.79 Å². The standard InChI is InChI=1S/C18H20N2O2/c1-4-19(5-2)17(21)12(3)20-15-11-7-9-13-8-6-10-14(16(13)15)18(20)22/h6-12H,4-5H2,1-3H3/t12-/m1/s1. The van der Waals surface area contributed by atoms with Gasteiger partial charge in [0.25, 0.3) is 5.91 Å². The lowest BCUT2D eigenvalue weighted by Crippen LogP contribution is -2.48. The van der Waals surface area contributed by atoms with E-state index in [0.717, 1.165) is 16.5 Å². The SMILES string of the molecule is CCN(CC)C(=O)[C@@H](C)N1C(=O)c2cccc3cccc1c23. The van der Waals surface area contributed by atoms with Crippen molar-refractivity contribution < 1.29 is 9.59 Å². The molecule has 0 saturated heterocycles. The third-order valence-electron chi connectivity index (χ3n) is 4.41. The fraction of sp³-hybridized carbons (Fsp3) is 0.333. The largest absolute Gasteiger partial charge is 0.341 e. The highest BCUT2D eigenvalue weighted by Crippen LogP contribution is 2.38. The molecule has 0 bridgehead atoms. The molecule has 0 aromatic heterocycles. The van der Waals surface area contributed by atoms with E-state index in [2.05, 4.69) is 0 Å². The average molecular weight is 296 g/mol. The first kappa shape index (κ1) is 14.6. The van der Waals surface area contributed by atoms with Crippen molar-refractivity contribution in [1.82, 2.24) is 4.90 Å². The van der Waals surface area contributed by atoms with Crippen molar-refractivity contribution in [2.45, 2.75) is 26.8 Å². The van der Waals surface area contributed by atoms with Gasteiger partial charge in [0.1, 0.15) is 6.04 Å². The van der Waals surface area contributed by atoms with Gasteiger partial charge in [0, 0.05) is 24.0 Å². The van der Waals surface area contributed by atoms with E-state index in [0.29, 0.717) is 18.7 Å². The molecular formula is C18H20N2O2. The summed E-state index contributed by atoms with van der Waals surface area (Å²) in [5.41, 5.74) is 1.53. The fourth-order valence-electron chi connectivity index (χ4n) is 3.23. The molecular weight excluding hydrogens is 276 g/mol. The Kier molecular flexibility index (Phi) is 3.61. The molecule has 0 fully saturated rings. The van der Waals surface area contributed by atoms with Crippen LogP contribution in [0.25, 0.3) is 10.8 Å². The van der Waals surface area contributed by atoms with Crippen LogP contribution in [0.2, 0.25) is 0 Å². The Hall–Kier alpha value is -2.36. The van der Waals surface area contributed by atoms with Crippen molar-refractivity contribution in [2.24, 2.45) is 0 Å². The van der Waals surface area contributed by atoms with Crippen molar-refractivity contribution in [3.8, 4) is 0 Å². The third kappa shape index (κ3) is 1.98. The molecule has 4 heteroatoms.